The van der Waals surface area contributed by atoms with Gasteiger partial charge in [0, 0.05) is 36.3 Å². The van der Waals surface area contributed by atoms with E-state index in [4.69, 9.17) is 5.73 Å². The number of nitrogens with two attached hydrogens (primary N) is 1. The highest BCUT2D eigenvalue weighted by atomic mass is 15.1. The van der Waals surface area contributed by atoms with Crippen LogP contribution in [0.2, 0.25) is 0 Å². The highest BCUT2D eigenvalue weighted by Crippen LogP contribution is 2.35. The first-order valence-electron chi connectivity index (χ1n) is 14.3. The lowest BCUT2D eigenvalue weighted by Gasteiger charge is -2.21. The Hall–Kier alpha value is -2.13. The van der Waals surface area contributed by atoms with Crippen LogP contribution in [0.1, 0.15) is 100 Å². The molecule has 0 atom stereocenters. The third-order valence-corrected chi connectivity index (χ3v) is 6.05. The summed E-state index contributed by atoms with van der Waals surface area (Å²) in [5.41, 5.74) is 14.0. The molecule has 3 nitrogen and oxygen atoms in total. The minimum absolute atomic E-state index is 0.475. The van der Waals surface area contributed by atoms with Crippen LogP contribution in [-0.4, -0.2) is 36.5 Å². The standard InChI is InChI=1S/C28H44N3.2C2H6/c1-7-14-25-27(22(5)6)26(15-8-2)31(21-13-11-12-20-29)28(25)23-16-18-24(19-17-23)30(9-3)10-4;2*1-2/h7,14-19,22H,8-13,20-21,29H2,1-6H3;2*1-2H3/q+1;;/b14-7-,26-15+;;. The summed E-state index contributed by atoms with van der Waals surface area (Å²) < 4.78 is 2.58. The number of hydrogen-bond acceptors (Lipinski definition) is 2. The Morgan fingerprint density at radius 2 is 1.51 bits per heavy atom. The van der Waals surface area contributed by atoms with Crippen molar-refractivity contribution in [3.8, 4) is 0 Å². The molecule has 0 unspecified atom stereocenters. The lowest BCUT2D eigenvalue weighted by Crippen LogP contribution is -2.22. The minimum Gasteiger partial charge on any atom is -0.372 e. The van der Waals surface area contributed by atoms with E-state index in [0.29, 0.717) is 5.92 Å². The summed E-state index contributed by atoms with van der Waals surface area (Å²) >= 11 is 0. The molecule has 1 aromatic rings. The zero-order valence-electron chi connectivity index (χ0n) is 24.7. The van der Waals surface area contributed by atoms with E-state index in [1.54, 1.807) is 0 Å². The lowest BCUT2D eigenvalue weighted by atomic mass is 9.92. The molecule has 1 aliphatic heterocycles. The molecule has 1 aliphatic rings. The highest BCUT2D eigenvalue weighted by Gasteiger charge is 2.37. The molecular weight excluding hydrogens is 426 g/mol. The molecule has 1 heterocycles. The molecule has 0 bridgehead atoms. The Labute approximate surface area is 218 Å². The topological polar surface area (TPSA) is 32.3 Å². The Bertz CT molecular complexity index is 819. The largest absolute Gasteiger partial charge is 0.372 e. The molecule has 1 aromatic carbocycles. The first-order valence-corrected chi connectivity index (χ1v) is 14.3. The van der Waals surface area contributed by atoms with Crippen molar-refractivity contribution in [1.82, 2.24) is 0 Å². The molecule has 0 amide bonds. The second-order valence-electron chi connectivity index (χ2n) is 8.55. The van der Waals surface area contributed by atoms with Crippen molar-refractivity contribution < 1.29 is 4.58 Å². The fourth-order valence-electron chi connectivity index (χ4n) is 4.59. The van der Waals surface area contributed by atoms with Gasteiger partial charge in [-0.15, -0.1) is 0 Å². The summed E-state index contributed by atoms with van der Waals surface area (Å²) in [4.78, 5) is 2.40. The maximum atomic E-state index is 5.75. The Morgan fingerprint density at radius 1 is 0.914 bits per heavy atom. The van der Waals surface area contributed by atoms with Crippen molar-refractivity contribution in [1.29, 1.82) is 0 Å². The normalized spacial score (nSPS) is 14.5. The fraction of sp³-hybridized carbons (Fsp3) is 0.594. The summed E-state index contributed by atoms with van der Waals surface area (Å²) in [5, 5.41) is 0. The maximum absolute atomic E-state index is 5.75. The van der Waals surface area contributed by atoms with Gasteiger partial charge in [-0.3, -0.25) is 0 Å². The van der Waals surface area contributed by atoms with E-state index in [-0.39, 0.29) is 0 Å². The van der Waals surface area contributed by atoms with E-state index in [2.05, 4.69) is 93.5 Å². The van der Waals surface area contributed by atoms with Crippen LogP contribution >= 0.6 is 0 Å². The van der Waals surface area contributed by atoms with Gasteiger partial charge >= 0.3 is 0 Å². The van der Waals surface area contributed by atoms with Gasteiger partial charge in [-0.1, -0.05) is 60.6 Å². The smallest absolute Gasteiger partial charge is 0.220 e. The van der Waals surface area contributed by atoms with Gasteiger partial charge in [0.25, 0.3) is 0 Å². The molecule has 0 aromatic heterocycles. The number of nitrogens with zero attached hydrogens (tertiary/aromatic N) is 2. The van der Waals surface area contributed by atoms with Crippen LogP contribution in [0.25, 0.3) is 0 Å². The maximum Gasteiger partial charge on any atom is 0.220 e. The molecule has 2 N–H and O–H groups in total. The minimum atomic E-state index is 0.475. The van der Waals surface area contributed by atoms with Gasteiger partial charge in [-0.25, -0.2) is 0 Å². The number of rotatable bonds is 12. The van der Waals surface area contributed by atoms with E-state index in [0.717, 1.165) is 45.4 Å². The quantitative estimate of drug-likeness (QED) is 0.240. The van der Waals surface area contributed by atoms with Crippen molar-refractivity contribution in [3.63, 3.8) is 0 Å². The van der Waals surface area contributed by atoms with Gasteiger partial charge in [0.1, 0.15) is 6.54 Å². The molecule has 0 saturated carbocycles. The average Bonchev–Trinajstić information content (AvgIpc) is 3.19. The van der Waals surface area contributed by atoms with Crippen LogP contribution in [-0.2, 0) is 0 Å². The number of allylic oxidation sites excluding steroid dienone is 5. The Morgan fingerprint density at radius 3 is 1.97 bits per heavy atom. The molecule has 3 heteroatoms. The first-order chi connectivity index (χ1) is 17.0. The van der Waals surface area contributed by atoms with Crippen molar-refractivity contribution in [3.05, 3.63) is 64.9 Å². The van der Waals surface area contributed by atoms with Crippen LogP contribution in [0.15, 0.2) is 59.3 Å². The van der Waals surface area contributed by atoms with Gasteiger partial charge in [0.05, 0.1) is 5.57 Å². The van der Waals surface area contributed by atoms with Gasteiger partial charge in [0.2, 0.25) is 11.4 Å². The molecule has 0 radical (unpaired) electrons. The van der Waals surface area contributed by atoms with Gasteiger partial charge in [0.15, 0.2) is 0 Å². The van der Waals surface area contributed by atoms with Crippen molar-refractivity contribution in [2.75, 3.05) is 31.1 Å². The molecule has 0 aliphatic carbocycles. The molecule has 198 valence electrons. The highest BCUT2D eigenvalue weighted by molar-refractivity contribution is 6.13. The van der Waals surface area contributed by atoms with Gasteiger partial charge in [-0.05, 0) is 82.8 Å². The summed E-state index contributed by atoms with van der Waals surface area (Å²) in [6.07, 6.45) is 11.4. The molecule has 0 spiro atoms. The SMILES string of the molecule is C/C=C\C1=C(C(C)C)C(=C\CC)/[N+](CCCCCN)=C1c1ccc(N(CC)CC)cc1.CC.CC. The van der Waals surface area contributed by atoms with Crippen LogP contribution in [0.4, 0.5) is 5.69 Å². The number of hydrogen-bond donors (Lipinski definition) is 1. The van der Waals surface area contributed by atoms with Gasteiger partial charge < -0.3 is 10.6 Å². The summed E-state index contributed by atoms with van der Waals surface area (Å²) in [7, 11) is 0. The molecule has 0 saturated heterocycles. The van der Waals surface area contributed by atoms with Crippen LogP contribution in [0.5, 0.6) is 0 Å². The van der Waals surface area contributed by atoms with Crippen molar-refractivity contribution >= 4 is 11.4 Å². The molecular formula is C32H56N3+. The monoisotopic (exact) mass is 482 g/mol. The fourth-order valence-corrected chi connectivity index (χ4v) is 4.59. The van der Waals surface area contributed by atoms with Crippen LogP contribution < -0.4 is 10.6 Å². The van der Waals surface area contributed by atoms with E-state index in [1.807, 2.05) is 27.7 Å². The molecule has 35 heavy (non-hydrogen) atoms. The predicted octanol–water partition coefficient (Wildman–Crippen LogP) is 8.35. The Balaban J connectivity index is 0.00000274. The molecule has 0 fully saturated rings. The summed E-state index contributed by atoms with van der Waals surface area (Å²) in [5.74, 6) is 0.475. The van der Waals surface area contributed by atoms with E-state index < -0.39 is 0 Å². The number of anilines is 1. The van der Waals surface area contributed by atoms with Crippen molar-refractivity contribution in [2.45, 2.75) is 94.9 Å². The predicted molar refractivity (Wildman–Crippen MR) is 160 cm³/mol. The third kappa shape index (κ3) is 9.11. The third-order valence-electron chi connectivity index (χ3n) is 6.05. The second kappa shape index (κ2) is 19.1. The van der Waals surface area contributed by atoms with Crippen LogP contribution in [0.3, 0.4) is 0 Å². The van der Waals surface area contributed by atoms with E-state index >= 15 is 0 Å². The number of unbranched alkanes of at least 4 members (excludes halogenated alkanes) is 2. The zero-order chi connectivity index (χ0) is 26.8. The van der Waals surface area contributed by atoms with Crippen molar-refractivity contribution in [2.24, 2.45) is 11.7 Å². The lowest BCUT2D eigenvalue weighted by molar-refractivity contribution is -0.470. The van der Waals surface area contributed by atoms with Crippen LogP contribution in [0, 0.1) is 5.92 Å². The van der Waals surface area contributed by atoms with E-state index in [1.165, 1.54) is 40.2 Å². The zero-order valence-corrected chi connectivity index (χ0v) is 24.7. The summed E-state index contributed by atoms with van der Waals surface area (Å²) in [6, 6.07) is 9.19. The average molecular weight is 483 g/mol. The number of benzene rings is 1. The molecule has 2 rings (SSSR count). The van der Waals surface area contributed by atoms with Gasteiger partial charge in [-0.2, -0.15) is 4.58 Å². The Kier molecular flexibility index (Phi) is 17.9. The first kappa shape index (κ1) is 32.9. The second-order valence-corrected chi connectivity index (χ2v) is 8.55. The summed E-state index contributed by atoms with van der Waals surface area (Å²) in [6.45, 7) is 25.3. The van der Waals surface area contributed by atoms with E-state index in [9.17, 15) is 0 Å².